The molecular formula is C38H38N6O12. The normalized spacial score (nSPS) is 15.4. The zero-order valence-corrected chi connectivity index (χ0v) is 30.9. The van der Waals surface area contributed by atoms with Crippen LogP contribution in [0.5, 0.6) is 5.75 Å². The topological polar surface area (TPSA) is 213 Å². The Balaban J connectivity index is 0.999. The number of anilines is 2. The molecule has 6 heterocycles. The number of carbonyl (C=O) groups excluding carboxylic acids is 4. The molecule has 4 aromatic heterocycles. The largest absolute Gasteiger partial charge is 0.482 e. The zero-order valence-electron chi connectivity index (χ0n) is 30.9. The Morgan fingerprint density at radius 1 is 0.964 bits per heavy atom. The number of fused-ring (bicyclic) bond motifs is 5. The van der Waals surface area contributed by atoms with Gasteiger partial charge < -0.3 is 52.6 Å². The summed E-state index contributed by atoms with van der Waals surface area (Å²) in [6.07, 6.45) is 3.10. The molecule has 5 aromatic rings. The number of cyclic esters (lactones) is 1. The number of benzene rings is 1. The highest BCUT2D eigenvalue weighted by Crippen LogP contribution is 2.39. The number of hydrogen-bond acceptors (Lipinski definition) is 14. The average molecular weight is 771 g/mol. The predicted molar refractivity (Wildman–Crippen MR) is 197 cm³/mol. The lowest BCUT2D eigenvalue weighted by atomic mass is 9.86. The number of esters is 2. The first kappa shape index (κ1) is 37.8. The van der Waals surface area contributed by atoms with E-state index in [1.54, 1.807) is 48.9 Å². The van der Waals surface area contributed by atoms with E-state index < -0.39 is 36.0 Å². The first-order valence-electron chi connectivity index (χ1n) is 17.5. The number of hydrogen-bond donors (Lipinski definition) is 3. The van der Waals surface area contributed by atoms with Crippen LogP contribution in [0.1, 0.15) is 57.9 Å². The second-order valence-corrected chi connectivity index (χ2v) is 13.0. The highest BCUT2D eigenvalue weighted by atomic mass is 16.7. The van der Waals surface area contributed by atoms with E-state index in [0.29, 0.717) is 33.7 Å². The van der Waals surface area contributed by atoms with Crippen LogP contribution in [0.25, 0.3) is 22.3 Å². The molecule has 0 fully saturated rings. The van der Waals surface area contributed by atoms with E-state index in [2.05, 4.69) is 10.8 Å². The summed E-state index contributed by atoms with van der Waals surface area (Å²) in [4.78, 5) is 74.2. The number of aromatic nitrogens is 4. The van der Waals surface area contributed by atoms with Crippen LogP contribution in [-0.4, -0.2) is 75.0 Å². The molecule has 56 heavy (non-hydrogen) atoms. The molecule has 18 heteroatoms. The fourth-order valence-corrected chi connectivity index (χ4v) is 6.74. The Morgan fingerprint density at radius 3 is 2.43 bits per heavy atom. The van der Waals surface area contributed by atoms with Crippen molar-refractivity contribution >= 4 is 46.1 Å². The monoisotopic (exact) mass is 770 g/mol. The minimum Gasteiger partial charge on any atom is -0.482 e. The van der Waals surface area contributed by atoms with Gasteiger partial charge in [0.1, 0.15) is 37.2 Å². The van der Waals surface area contributed by atoms with E-state index in [1.165, 1.54) is 41.7 Å². The third kappa shape index (κ3) is 6.96. The zero-order chi connectivity index (χ0) is 39.7. The predicted octanol–water partition coefficient (Wildman–Crippen LogP) is 3.27. The summed E-state index contributed by atoms with van der Waals surface area (Å²) in [6, 6.07) is 11.5. The van der Waals surface area contributed by atoms with Crippen molar-refractivity contribution in [3.8, 4) is 17.1 Å². The lowest BCUT2D eigenvalue weighted by Crippen LogP contribution is -2.44. The third-order valence-electron chi connectivity index (χ3n) is 9.42. The minimum absolute atomic E-state index is 0.00334. The highest BCUT2D eigenvalue weighted by Gasteiger charge is 2.45. The number of nitrogens with zero attached hydrogens (tertiary/aromatic N) is 4. The maximum atomic E-state index is 13.5. The fraction of sp³-hybridized carbons (Fsp3) is 0.316. The van der Waals surface area contributed by atoms with Crippen LogP contribution in [0.3, 0.4) is 0 Å². The molecule has 292 valence electrons. The summed E-state index contributed by atoms with van der Waals surface area (Å²) in [7, 11) is 2.93. The van der Waals surface area contributed by atoms with Gasteiger partial charge >= 0.3 is 17.9 Å². The van der Waals surface area contributed by atoms with Gasteiger partial charge in [-0.15, -0.1) is 0 Å². The molecule has 1 unspecified atom stereocenters. The van der Waals surface area contributed by atoms with Crippen molar-refractivity contribution in [1.82, 2.24) is 18.7 Å². The molecule has 7 rings (SSSR count). The Kier molecular flexibility index (Phi) is 10.3. The molecule has 1 aromatic carbocycles. The van der Waals surface area contributed by atoms with Crippen LogP contribution in [0.15, 0.2) is 59.7 Å². The summed E-state index contributed by atoms with van der Waals surface area (Å²) in [6.45, 7) is 3.13. The number of methoxy groups -OCH3 is 2. The number of ether oxygens (including phenoxy) is 5. The molecule has 0 spiro atoms. The van der Waals surface area contributed by atoms with E-state index in [4.69, 9.17) is 33.5 Å². The third-order valence-corrected chi connectivity index (χ3v) is 9.42. The van der Waals surface area contributed by atoms with Gasteiger partial charge in [0.25, 0.3) is 11.5 Å². The van der Waals surface area contributed by atoms with Crippen LogP contribution < -0.4 is 21.1 Å². The highest BCUT2D eigenvalue weighted by molar-refractivity contribution is 6.04. The quantitative estimate of drug-likeness (QED) is 0.0825. The van der Waals surface area contributed by atoms with E-state index in [9.17, 15) is 29.1 Å². The number of amides is 1. The molecule has 1 amide bonds. The molecule has 1 atom stereocenters. The van der Waals surface area contributed by atoms with Crippen molar-refractivity contribution in [3.63, 3.8) is 0 Å². The molecule has 0 saturated heterocycles. The van der Waals surface area contributed by atoms with Crippen molar-refractivity contribution in [2.24, 2.45) is 0 Å². The van der Waals surface area contributed by atoms with Gasteiger partial charge in [-0.2, -0.15) is 0 Å². The molecule has 0 saturated carbocycles. The minimum atomic E-state index is -1.92. The lowest BCUT2D eigenvalue weighted by molar-refractivity contribution is -0.172. The molecule has 18 nitrogen and oxygen atoms in total. The maximum Gasteiger partial charge on any atom is 0.369 e. The number of rotatable bonds is 14. The van der Waals surface area contributed by atoms with Gasteiger partial charge in [0.15, 0.2) is 12.2 Å². The van der Waals surface area contributed by atoms with Crippen molar-refractivity contribution in [2.75, 3.05) is 38.2 Å². The number of aliphatic hydroxyl groups is 1. The van der Waals surface area contributed by atoms with Gasteiger partial charge in [0, 0.05) is 43.1 Å². The molecule has 0 bridgehead atoms. The molecule has 2 aliphatic heterocycles. The van der Waals surface area contributed by atoms with Crippen molar-refractivity contribution in [3.05, 3.63) is 93.3 Å². The Morgan fingerprint density at radius 2 is 1.70 bits per heavy atom. The summed E-state index contributed by atoms with van der Waals surface area (Å²) in [5.41, 5.74) is 4.09. The molecule has 2 aliphatic rings. The first-order chi connectivity index (χ1) is 27.0. The standard InChI is InChI=1S/C38H38N6O12/c1-5-38(50)27-13-29-33-22(14-44(29)35(47)26(27)17-55-37(38)49)9-21-10-25(7-8-28(21)40-33)54-18-32(45)56-41-24-12-30(42(16-24)19-51-3)34(46)39-23-11-31(36(48)53-6-2)43(15-23)20-52-4/h7-13,15-16,41,50H,5-6,14,17-20H2,1-4H3,(H,39,46). The Hall–Kier alpha value is -6.50. The van der Waals surface area contributed by atoms with Crippen molar-refractivity contribution in [1.29, 1.82) is 0 Å². The summed E-state index contributed by atoms with van der Waals surface area (Å²) in [5, 5.41) is 14.5. The number of carbonyl (C=O) groups is 4. The molecule has 0 radical (unpaired) electrons. The summed E-state index contributed by atoms with van der Waals surface area (Å²) < 4.78 is 30.9. The van der Waals surface area contributed by atoms with Crippen LogP contribution in [0.2, 0.25) is 0 Å². The van der Waals surface area contributed by atoms with Crippen LogP contribution in [-0.2, 0) is 65.6 Å². The van der Waals surface area contributed by atoms with E-state index in [1.807, 2.05) is 6.07 Å². The maximum absolute atomic E-state index is 13.5. The van der Waals surface area contributed by atoms with Gasteiger partial charge in [-0.05, 0) is 55.8 Å². The summed E-state index contributed by atoms with van der Waals surface area (Å²) >= 11 is 0. The SMILES string of the molecule is CCOC(=O)c1cc(NC(=O)c2cc(NOC(=O)COc3ccc4nc5c(cc4c3)Cn3c-5cc4c(c3=O)COC(=O)C4(O)CC)cn2COC)cn1COC. The summed E-state index contributed by atoms with van der Waals surface area (Å²) in [5.74, 6) is -2.29. The van der Waals surface area contributed by atoms with Gasteiger partial charge in [0.05, 0.1) is 47.0 Å². The second-order valence-electron chi connectivity index (χ2n) is 13.0. The number of nitrogens with one attached hydrogen (secondary N) is 2. The van der Waals surface area contributed by atoms with Gasteiger partial charge in [0.2, 0.25) is 0 Å². The van der Waals surface area contributed by atoms with E-state index >= 15 is 0 Å². The fourth-order valence-electron chi connectivity index (χ4n) is 6.74. The van der Waals surface area contributed by atoms with Gasteiger partial charge in [-0.3, -0.25) is 9.59 Å². The van der Waals surface area contributed by atoms with Crippen molar-refractivity contribution in [2.45, 2.75) is 52.5 Å². The lowest BCUT2D eigenvalue weighted by Gasteiger charge is -2.31. The molecular weight excluding hydrogens is 732 g/mol. The second kappa shape index (κ2) is 15.3. The van der Waals surface area contributed by atoms with Crippen LogP contribution in [0, 0.1) is 0 Å². The van der Waals surface area contributed by atoms with Crippen LogP contribution >= 0.6 is 0 Å². The van der Waals surface area contributed by atoms with Gasteiger partial charge in [-0.25, -0.2) is 24.8 Å². The van der Waals surface area contributed by atoms with E-state index in [-0.39, 0.29) is 73.4 Å². The number of pyridine rings is 2. The Bertz CT molecular complexity index is 2450. The van der Waals surface area contributed by atoms with E-state index in [0.717, 1.165) is 5.56 Å². The first-order valence-corrected chi connectivity index (χ1v) is 17.5. The average Bonchev–Trinajstić information content (AvgIpc) is 3.89. The Labute approximate surface area is 318 Å². The van der Waals surface area contributed by atoms with Crippen LogP contribution in [0.4, 0.5) is 11.4 Å². The van der Waals surface area contributed by atoms with Gasteiger partial charge in [-0.1, -0.05) is 6.92 Å². The smallest absolute Gasteiger partial charge is 0.369 e. The van der Waals surface area contributed by atoms with Crippen molar-refractivity contribution < 1.29 is 52.8 Å². The molecule has 3 N–H and O–H groups in total. The molecule has 0 aliphatic carbocycles.